The molecule has 0 saturated heterocycles. The fraction of sp³-hybridized carbons (Fsp3) is 0.400. The average Bonchev–Trinajstić information content (AvgIpc) is 2.59. The Balaban J connectivity index is 3.05. The first-order chi connectivity index (χ1) is 8.31. The van der Waals surface area contributed by atoms with Gasteiger partial charge in [-0.05, 0) is 13.8 Å². The van der Waals surface area contributed by atoms with Crippen LogP contribution in [0, 0.1) is 10.1 Å². The zero-order chi connectivity index (χ0) is 13.9. The lowest BCUT2D eigenvalue weighted by Crippen LogP contribution is -2.10. The molecular formula is C10H12N2O6. The molecule has 0 bridgehead atoms. The van der Waals surface area contributed by atoms with Crippen molar-refractivity contribution in [3.63, 3.8) is 0 Å². The van der Waals surface area contributed by atoms with Crippen LogP contribution in [0.1, 0.15) is 31.3 Å². The van der Waals surface area contributed by atoms with Crippen molar-refractivity contribution in [2.45, 2.75) is 26.9 Å². The van der Waals surface area contributed by atoms with E-state index in [1.807, 2.05) is 0 Å². The largest absolute Gasteiger partial charge is 0.457 e. The number of nitrogens with zero attached hydrogens (tertiary/aromatic N) is 1. The molecule has 0 atom stereocenters. The molecule has 0 spiro atoms. The maximum atomic E-state index is 11.5. The molecular weight excluding hydrogens is 244 g/mol. The quantitative estimate of drug-likeness (QED) is 0.498. The van der Waals surface area contributed by atoms with Crippen molar-refractivity contribution in [2.75, 3.05) is 5.32 Å². The van der Waals surface area contributed by atoms with Crippen LogP contribution in [-0.4, -0.2) is 22.9 Å². The highest BCUT2D eigenvalue weighted by atomic mass is 16.6. The van der Waals surface area contributed by atoms with Crippen molar-refractivity contribution < 1.29 is 23.7 Å². The van der Waals surface area contributed by atoms with Crippen LogP contribution < -0.4 is 5.32 Å². The first-order valence-corrected chi connectivity index (χ1v) is 5.08. The number of nitro groups is 1. The number of carbonyl (C=O) groups excluding carboxylic acids is 2. The van der Waals surface area contributed by atoms with Crippen molar-refractivity contribution >= 4 is 23.4 Å². The van der Waals surface area contributed by atoms with Gasteiger partial charge in [-0.25, -0.2) is 4.79 Å². The summed E-state index contributed by atoms with van der Waals surface area (Å²) in [6.45, 7) is 4.42. The minimum atomic E-state index is -0.829. The molecule has 1 rings (SSSR count). The van der Waals surface area contributed by atoms with Crippen LogP contribution in [0.15, 0.2) is 10.5 Å². The maximum Gasteiger partial charge on any atom is 0.374 e. The zero-order valence-corrected chi connectivity index (χ0v) is 10.1. The molecule has 0 unspecified atom stereocenters. The first kappa shape index (κ1) is 13.7. The number of esters is 1. The van der Waals surface area contributed by atoms with Gasteiger partial charge in [0.1, 0.15) is 0 Å². The van der Waals surface area contributed by atoms with Crippen LogP contribution in [0.5, 0.6) is 0 Å². The molecule has 0 aliphatic rings. The Hall–Kier alpha value is -2.38. The van der Waals surface area contributed by atoms with Crippen molar-refractivity contribution in [3.8, 4) is 0 Å². The Kier molecular flexibility index (Phi) is 4.03. The second kappa shape index (κ2) is 5.30. The monoisotopic (exact) mass is 256 g/mol. The van der Waals surface area contributed by atoms with Crippen molar-refractivity contribution in [1.29, 1.82) is 0 Å². The predicted octanol–water partition coefficient (Wildman–Crippen LogP) is 1.71. The van der Waals surface area contributed by atoms with E-state index in [1.165, 1.54) is 6.92 Å². The Labute approximate surface area is 102 Å². The molecule has 1 heterocycles. The van der Waals surface area contributed by atoms with E-state index in [2.05, 4.69) is 5.32 Å². The van der Waals surface area contributed by atoms with Gasteiger partial charge in [-0.2, -0.15) is 0 Å². The highest BCUT2D eigenvalue weighted by molar-refractivity contribution is 5.93. The molecule has 0 fully saturated rings. The third-order valence-electron chi connectivity index (χ3n) is 1.74. The van der Waals surface area contributed by atoms with E-state index in [4.69, 9.17) is 9.15 Å². The lowest BCUT2D eigenvalue weighted by molar-refractivity contribution is -0.384. The molecule has 98 valence electrons. The van der Waals surface area contributed by atoms with E-state index >= 15 is 0 Å². The van der Waals surface area contributed by atoms with Gasteiger partial charge in [0.2, 0.25) is 11.7 Å². The Morgan fingerprint density at radius 1 is 1.50 bits per heavy atom. The normalized spacial score (nSPS) is 10.2. The molecule has 8 nitrogen and oxygen atoms in total. The van der Waals surface area contributed by atoms with Gasteiger partial charge in [0, 0.05) is 6.92 Å². The van der Waals surface area contributed by atoms with Gasteiger partial charge < -0.3 is 9.15 Å². The highest BCUT2D eigenvalue weighted by Crippen LogP contribution is 2.29. The van der Waals surface area contributed by atoms with Crippen molar-refractivity contribution in [3.05, 3.63) is 21.9 Å². The summed E-state index contributed by atoms with van der Waals surface area (Å²) in [6, 6.07) is 0.913. The summed E-state index contributed by atoms with van der Waals surface area (Å²) >= 11 is 0. The minimum absolute atomic E-state index is 0.334. The molecule has 1 amide bonds. The summed E-state index contributed by atoms with van der Waals surface area (Å²) < 4.78 is 9.72. The summed E-state index contributed by atoms with van der Waals surface area (Å²) in [5.74, 6) is -2.09. The van der Waals surface area contributed by atoms with Gasteiger partial charge in [0.15, 0.2) is 0 Å². The molecule has 0 saturated carbocycles. The van der Waals surface area contributed by atoms with Gasteiger partial charge in [0.25, 0.3) is 5.88 Å². The second-order valence-electron chi connectivity index (χ2n) is 3.72. The zero-order valence-electron chi connectivity index (χ0n) is 10.1. The molecule has 8 heteroatoms. The maximum absolute atomic E-state index is 11.5. The number of ether oxygens (including phenoxy) is 1. The third-order valence-corrected chi connectivity index (χ3v) is 1.74. The first-order valence-electron chi connectivity index (χ1n) is 5.08. The fourth-order valence-electron chi connectivity index (χ4n) is 1.14. The van der Waals surface area contributed by atoms with Gasteiger partial charge in [-0.1, -0.05) is 0 Å². The van der Waals surface area contributed by atoms with Crippen molar-refractivity contribution in [2.24, 2.45) is 0 Å². The molecule has 1 aromatic heterocycles. The Morgan fingerprint density at radius 3 is 2.56 bits per heavy atom. The molecule has 0 radical (unpaired) electrons. The minimum Gasteiger partial charge on any atom is -0.457 e. The van der Waals surface area contributed by atoms with Crippen LogP contribution >= 0.6 is 0 Å². The number of nitrogens with one attached hydrogen (secondary N) is 1. The highest BCUT2D eigenvalue weighted by Gasteiger charge is 2.26. The molecule has 0 aliphatic carbocycles. The van der Waals surface area contributed by atoms with Gasteiger partial charge in [-0.15, -0.1) is 0 Å². The third kappa shape index (κ3) is 3.30. The van der Waals surface area contributed by atoms with E-state index in [0.29, 0.717) is 0 Å². The van der Waals surface area contributed by atoms with Gasteiger partial charge >= 0.3 is 11.7 Å². The number of hydrogen-bond donors (Lipinski definition) is 1. The Bertz CT molecular complexity index is 491. The van der Waals surface area contributed by atoms with Crippen LogP contribution in [0.3, 0.4) is 0 Å². The smallest absolute Gasteiger partial charge is 0.374 e. The standard InChI is InChI=1S/C10H12N2O6/c1-5(2)17-10(14)8-4-7(12(15)16)9(18-8)11-6(3)13/h4-5H,1-3H3,(H,11,13). The van der Waals surface area contributed by atoms with E-state index in [0.717, 1.165) is 6.07 Å². The summed E-state index contributed by atoms with van der Waals surface area (Å²) in [4.78, 5) is 32.3. The Morgan fingerprint density at radius 2 is 2.11 bits per heavy atom. The number of carbonyl (C=O) groups is 2. The van der Waals surface area contributed by atoms with E-state index in [-0.39, 0.29) is 17.7 Å². The molecule has 1 N–H and O–H groups in total. The molecule has 0 aliphatic heterocycles. The fourth-order valence-corrected chi connectivity index (χ4v) is 1.14. The average molecular weight is 256 g/mol. The number of hydrogen-bond acceptors (Lipinski definition) is 6. The summed E-state index contributed by atoms with van der Waals surface area (Å²) in [5.41, 5.74) is -0.499. The molecule has 1 aromatic rings. The van der Waals surface area contributed by atoms with E-state index in [1.54, 1.807) is 13.8 Å². The predicted molar refractivity (Wildman–Crippen MR) is 60.2 cm³/mol. The van der Waals surface area contributed by atoms with Crippen LogP contribution in [0.2, 0.25) is 0 Å². The summed E-state index contributed by atoms with van der Waals surface area (Å²) in [7, 11) is 0. The SMILES string of the molecule is CC(=O)Nc1oc(C(=O)OC(C)C)cc1[N+](=O)[O-]. The molecule has 0 aromatic carbocycles. The van der Waals surface area contributed by atoms with Crippen molar-refractivity contribution in [1.82, 2.24) is 0 Å². The van der Waals surface area contributed by atoms with E-state index < -0.39 is 22.5 Å². The number of rotatable bonds is 4. The topological polar surface area (TPSA) is 112 Å². The van der Waals surface area contributed by atoms with Gasteiger partial charge in [-0.3, -0.25) is 20.2 Å². The molecule has 18 heavy (non-hydrogen) atoms. The van der Waals surface area contributed by atoms with Crippen LogP contribution in [0.4, 0.5) is 11.6 Å². The lowest BCUT2D eigenvalue weighted by atomic mass is 10.4. The number of anilines is 1. The number of furan rings is 1. The lowest BCUT2D eigenvalue weighted by Gasteiger charge is -2.04. The number of amides is 1. The summed E-state index contributed by atoms with van der Waals surface area (Å²) in [5, 5.41) is 12.8. The second-order valence-corrected chi connectivity index (χ2v) is 3.72. The van der Waals surface area contributed by atoms with E-state index in [9.17, 15) is 19.7 Å². The van der Waals surface area contributed by atoms with Crippen LogP contribution in [0.25, 0.3) is 0 Å². The van der Waals surface area contributed by atoms with Gasteiger partial charge in [0.05, 0.1) is 17.1 Å². The van der Waals surface area contributed by atoms with Crippen LogP contribution in [-0.2, 0) is 9.53 Å². The summed E-state index contributed by atoms with van der Waals surface area (Å²) in [6.07, 6.45) is -0.383.